The van der Waals surface area contributed by atoms with Crippen LogP contribution in [-0.2, 0) is 5.41 Å². The molecule has 0 bridgehead atoms. The van der Waals surface area contributed by atoms with Crippen LogP contribution in [0.3, 0.4) is 0 Å². The summed E-state index contributed by atoms with van der Waals surface area (Å²) in [4.78, 5) is 3.78. The lowest BCUT2D eigenvalue weighted by Gasteiger charge is -2.37. The molecule has 4 nitrogen and oxygen atoms in total. The first-order valence-corrected chi connectivity index (χ1v) is 16.6. The number of methoxy groups -OCH3 is 2. The lowest BCUT2D eigenvalue weighted by atomic mass is 9.65. The van der Waals surface area contributed by atoms with Crippen molar-refractivity contribution in [1.29, 1.82) is 0 Å². The Labute approximate surface area is 292 Å². The van der Waals surface area contributed by atoms with E-state index in [1.807, 2.05) is 36.4 Å². The van der Waals surface area contributed by atoms with Crippen molar-refractivity contribution >= 4 is 27.5 Å². The standard InChI is InChI=1S/C46H34N2O2/c1-47-43-17-11-10-16-40(43)32-18-20-35(21-19-32)46(33-12-6-4-7-13-33,34-14-8-5-9-15-34)36-22-24-37(25-23-36)48-44-28-26-38(49-2)30-41(44)42-31-39(50-3)27-29-45(42)48/h4-31H,2-3H3. The minimum absolute atomic E-state index is 0.611. The van der Waals surface area contributed by atoms with Crippen LogP contribution in [0.25, 0.3) is 43.5 Å². The second-order valence-corrected chi connectivity index (χ2v) is 12.3. The molecule has 240 valence electrons. The van der Waals surface area contributed by atoms with Crippen molar-refractivity contribution in [2.45, 2.75) is 5.41 Å². The Morgan fingerprint density at radius 3 is 1.46 bits per heavy atom. The molecule has 4 heteroatoms. The molecule has 50 heavy (non-hydrogen) atoms. The van der Waals surface area contributed by atoms with Crippen LogP contribution >= 0.6 is 0 Å². The zero-order valence-corrected chi connectivity index (χ0v) is 27.9. The molecule has 7 aromatic carbocycles. The summed E-state index contributed by atoms with van der Waals surface area (Å²) in [6, 6.07) is 59.4. The Hall–Kier alpha value is -6.57. The highest BCUT2D eigenvalue weighted by Gasteiger charge is 2.38. The van der Waals surface area contributed by atoms with Crippen LogP contribution in [0, 0.1) is 6.57 Å². The summed E-state index contributed by atoms with van der Waals surface area (Å²) in [6.07, 6.45) is 0. The average molecular weight is 647 g/mol. The second kappa shape index (κ2) is 12.8. The van der Waals surface area contributed by atoms with Crippen molar-refractivity contribution in [3.63, 3.8) is 0 Å². The number of aromatic nitrogens is 1. The van der Waals surface area contributed by atoms with Gasteiger partial charge in [0.25, 0.3) is 0 Å². The number of benzene rings is 7. The molecule has 0 aliphatic heterocycles. The van der Waals surface area contributed by atoms with Gasteiger partial charge in [-0.2, -0.15) is 0 Å². The number of hydrogen-bond acceptors (Lipinski definition) is 2. The number of para-hydroxylation sites is 1. The fourth-order valence-corrected chi connectivity index (χ4v) is 7.47. The quantitative estimate of drug-likeness (QED) is 0.121. The molecule has 0 atom stereocenters. The number of hydrogen-bond donors (Lipinski definition) is 0. The van der Waals surface area contributed by atoms with Gasteiger partial charge in [0.05, 0.1) is 37.2 Å². The third kappa shape index (κ3) is 5.00. The van der Waals surface area contributed by atoms with Crippen molar-refractivity contribution in [2.24, 2.45) is 0 Å². The topological polar surface area (TPSA) is 27.8 Å². The first-order valence-electron chi connectivity index (χ1n) is 16.6. The van der Waals surface area contributed by atoms with Gasteiger partial charge in [-0.1, -0.05) is 121 Å². The largest absolute Gasteiger partial charge is 0.497 e. The van der Waals surface area contributed by atoms with Crippen LogP contribution in [0.5, 0.6) is 11.5 Å². The van der Waals surface area contributed by atoms with E-state index in [0.29, 0.717) is 5.69 Å². The molecule has 0 N–H and O–H groups in total. The predicted octanol–water partition coefficient (Wildman–Crippen LogP) is 11.4. The van der Waals surface area contributed by atoms with E-state index in [1.54, 1.807) is 14.2 Å². The van der Waals surface area contributed by atoms with Gasteiger partial charge in [0.15, 0.2) is 5.69 Å². The van der Waals surface area contributed by atoms with Crippen molar-refractivity contribution in [2.75, 3.05) is 14.2 Å². The van der Waals surface area contributed by atoms with E-state index in [2.05, 4.69) is 143 Å². The van der Waals surface area contributed by atoms with Gasteiger partial charge in [0.2, 0.25) is 0 Å². The Morgan fingerprint density at radius 2 is 0.960 bits per heavy atom. The summed E-state index contributed by atoms with van der Waals surface area (Å²) in [5, 5.41) is 2.20. The molecule has 0 spiro atoms. The van der Waals surface area contributed by atoms with Gasteiger partial charge in [0.1, 0.15) is 11.5 Å². The van der Waals surface area contributed by atoms with Crippen LogP contribution in [0.4, 0.5) is 5.69 Å². The summed E-state index contributed by atoms with van der Waals surface area (Å²) in [5.74, 6) is 1.63. The highest BCUT2D eigenvalue weighted by Crippen LogP contribution is 2.46. The maximum atomic E-state index is 7.72. The third-order valence-electron chi connectivity index (χ3n) is 9.80. The lowest BCUT2D eigenvalue weighted by molar-refractivity contribution is 0.415. The number of fused-ring (bicyclic) bond motifs is 3. The summed E-state index contributed by atoms with van der Waals surface area (Å²) < 4.78 is 13.5. The van der Waals surface area contributed by atoms with Crippen molar-refractivity contribution in [1.82, 2.24) is 4.57 Å². The SMILES string of the molecule is [C-]#[N+]c1ccccc1-c1ccc(C(c2ccccc2)(c2ccccc2)c2ccc(-n3c4ccc(OC)cc4c4cc(OC)ccc43)cc2)cc1. The molecular formula is C46H34N2O2. The summed E-state index contributed by atoms with van der Waals surface area (Å²) >= 11 is 0. The Kier molecular flexibility index (Phi) is 7.87. The molecule has 1 aromatic heterocycles. The summed E-state index contributed by atoms with van der Waals surface area (Å²) in [6.45, 7) is 7.72. The predicted molar refractivity (Wildman–Crippen MR) is 204 cm³/mol. The van der Waals surface area contributed by atoms with Gasteiger partial charge < -0.3 is 14.0 Å². The van der Waals surface area contributed by atoms with E-state index in [9.17, 15) is 0 Å². The van der Waals surface area contributed by atoms with Crippen LogP contribution < -0.4 is 9.47 Å². The van der Waals surface area contributed by atoms with Crippen LogP contribution in [0.1, 0.15) is 22.3 Å². The maximum absolute atomic E-state index is 7.72. The van der Waals surface area contributed by atoms with Gasteiger partial charge in [-0.05, 0) is 81.9 Å². The molecule has 0 saturated carbocycles. The molecular weight excluding hydrogens is 613 g/mol. The van der Waals surface area contributed by atoms with E-state index in [4.69, 9.17) is 16.0 Å². The summed E-state index contributed by atoms with van der Waals surface area (Å²) in [5.41, 5.74) is 9.87. The number of nitrogens with zero attached hydrogens (tertiary/aromatic N) is 2. The molecule has 0 saturated heterocycles. The Morgan fingerprint density at radius 1 is 0.500 bits per heavy atom. The molecule has 1 heterocycles. The molecule has 0 fully saturated rings. The Bertz CT molecular complexity index is 2390. The maximum Gasteiger partial charge on any atom is 0.194 e. The lowest BCUT2D eigenvalue weighted by Crippen LogP contribution is -2.31. The molecule has 0 unspecified atom stereocenters. The minimum atomic E-state index is -0.611. The third-order valence-corrected chi connectivity index (χ3v) is 9.80. The molecule has 8 rings (SSSR count). The van der Waals surface area contributed by atoms with E-state index >= 15 is 0 Å². The normalized spacial score (nSPS) is 11.4. The van der Waals surface area contributed by atoms with Crippen molar-refractivity contribution in [3.05, 3.63) is 204 Å². The smallest absolute Gasteiger partial charge is 0.194 e. The van der Waals surface area contributed by atoms with E-state index in [0.717, 1.165) is 61.2 Å². The monoisotopic (exact) mass is 646 g/mol. The zero-order chi connectivity index (χ0) is 34.1. The second-order valence-electron chi connectivity index (χ2n) is 12.3. The van der Waals surface area contributed by atoms with Crippen molar-refractivity contribution < 1.29 is 9.47 Å². The molecule has 8 aromatic rings. The van der Waals surface area contributed by atoms with E-state index in [-0.39, 0.29) is 0 Å². The summed E-state index contributed by atoms with van der Waals surface area (Å²) in [7, 11) is 3.40. The van der Waals surface area contributed by atoms with Crippen LogP contribution in [0.15, 0.2) is 170 Å². The first-order chi connectivity index (χ1) is 24.6. The Balaban J connectivity index is 1.34. The van der Waals surface area contributed by atoms with Crippen molar-refractivity contribution in [3.8, 4) is 28.3 Å². The number of ether oxygens (including phenoxy) is 2. The van der Waals surface area contributed by atoms with Gasteiger partial charge in [0, 0.05) is 16.5 Å². The van der Waals surface area contributed by atoms with Crippen LogP contribution in [-0.4, -0.2) is 18.8 Å². The molecule has 0 aliphatic rings. The molecule has 0 amide bonds. The van der Waals surface area contributed by atoms with Gasteiger partial charge in [-0.15, -0.1) is 0 Å². The van der Waals surface area contributed by atoms with Gasteiger partial charge in [-0.3, -0.25) is 0 Å². The van der Waals surface area contributed by atoms with Gasteiger partial charge >= 0.3 is 0 Å². The zero-order valence-electron chi connectivity index (χ0n) is 27.9. The fourth-order valence-electron chi connectivity index (χ4n) is 7.47. The molecule has 0 aliphatic carbocycles. The average Bonchev–Trinajstić information content (AvgIpc) is 3.52. The van der Waals surface area contributed by atoms with E-state index in [1.165, 1.54) is 11.1 Å². The fraction of sp³-hybridized carbons (Fsp3) is 0.0652. The van der Waals surface area contributed by atoms with Crippen LogP contribution in [0.2, 0.25) is 0 Å². The molecule has 0 radical (unpaired) electrons. The van der Waals surface area contributed by atoms with E-state index < -0.39 is 5.41 Å². The highest BCUT2D eigenvalue weighted by molar-refractivity contribution is 6.10. The first kappa shape index (κ1) is 30.7. The minimum Gasteiger partial charge on any atom is -0.497 e. The number of rotatable bonds is 8. The van der Waals surface area contributed by atoms with Gasteiger partial charge in [-0.25, -0.2) is 4.85 Å². The highest BCUT2D eigenvalue weighted by atomic mass is 16.5.